The number of thioether (sulfide) groups is 1. The number of nitrogens with zero attached hydrogens (tertiary/aromatic N) is 2. The van der Waals surface area contributed by atoms with Crippen LogP contribution in [-0.2, 0) is 5.75 Å². The number of hydrogen-bond donors (Lipinski definition) is 1. The molecule has 0 saturated heterocycles. The van der Waals surface area contributed by atoms with E-state index in [1.165, 1.54) is 0 Å². The molecule has 6 heteroatoms. The van der Waals surface area contributed by atoms with Crippen LogP contribution in [0.15, 0.2) is 33.3 Å². The van der Waals surface area contributed by atoms with Crippen molar-refractivity contribution in [3.8, 4) is 11.4 Å². The van der Waals surface area contributed by atoms with Gasteiger partial charge >= 0.3 is 0 Å². The van der Waals surface area contributed by atoms with E-state index in [-0.39, 0.29) is 6.04 Å². The zero-order valence-corrected chi connectivity index (χ0v) is 12.4. The molecule has 2 N–H and O–H groups in total. The first-order valence-corrected chi connectivity index (χ1v) is 7.52. The molecule has 0 aliphatic rings. The molecule has 1 aromatic carbocycles. The SMILES string of the molecule is CC(N)CSCc1nc(-c2cccc(Br)c2)no1. The summed E-state index contributed by atoms with van der Waals surface area (Å²) in [6.45, 7) is 1.98. The highest BCUT2D eigenvalue weighted by molar-refractivity contribution is 9.10. The van der Waals surface area contributed by atoms with Crippen LogP contribution in [0.3, 0.4) is 0 Å². The Hall–Kier alpha value is -0.850. The molecule has 4 nitrogen and oxygen atoms in total. The third kappa shape index (κ3) is 3.83. The van der Waals surface area contributed by atoms with E-state index in [0.29, 0.717) is 17.5 Å². The van der Waals surface area contributed by atoms with Gasteiger partial charge in [-0.2, -0.15) is 16.7 Å². The smallest absolute Gasteiger partial charge is 0.236 e. The second-order valence-corrected chi connectivity index (χ2v) is 5.96. The summed E-state index contributed by atoms with van der Waals surface area (Å²) in [4.78, 5) is 4.36. The predicted octanol–water partition coefficient (Wildman–Crippen LogP) is 3.08. The van der Waals surface area contributed by atoms with Crippen molar-refractivity contribution in [2.75, 3.05) is 5.75 Å². The average molecular weight is 328 g/mol. The van der Waals surface area contributed by atoms with Gasteiger partial charge in [-0.1, -0.05) is 33.2 Å². The summed E-state index contributed by atoms with van der Waals surface area (Å²) in [7, 11) is 0. The number of hydrogen-bond acceptors (Lipinski definition) is 5. The molecule has 0 aliphatic carbocycles. The quantitative estimate of drug-likeness (QED) is 0.914. The lowest BCUT2D eigenvalue weighted by Crippen LogP contribution is -2.17. The van der Waals surface area contributed by atoms with Crippen LogP contribution in [-0.4, -0.2) is 21.9 Å². The Kier molecular flexibility index (Phi) is 4.79. The van der Waals surface area contributed by atoms with Crippen LogP contribution in [0.5, 0.6) is 0 Å². The van der Waals surface area contributed by atoms with Gasteiger partial charge in [-0.25, -0.2) is 0 Å². The maximum absolute atomic E-state index is 5.68. The minimum Gasteiger partial charge on any atom is -0.338 e. The summed E-state index contributed by atoms with van der Waals surface area (Å²) in [5, 5.41) is 3.97. The summed E-state index contributed by atoms with van der Waals surface area (Å²) in [5.41, 5.74) is 6.62. The lowest BCUT2D eigenvalue weighted by atomic mass is 10.2. The van der Waals surface area contributed by atoms with E-state index in [1.807, 2.05) is 31.2 Å². The third-order valence-corrected chi connectivity index (χ3v) is 3.86. The second kappa shape index (κ2) is 6.36. The summed E-state index contributed by atoms with van der Waals surface area (Å²) in [6.07, 6.45) is 0. The van der Waals surface area contributed by atoms with Crippen LogP contribution in [0.25, 0.3) is 11.4 Å². The molecule has 0 fully saturated rings. The minimum absolute atomic E-state index is 0.183. The van der Waals surface area contributed by atoms with E-state index in [0.717, 1.165) is 15.8 Å². The Morgan fingerprint density at radius 2 is 2.33 bits per heavy atom. The zero-order chi connectivity index (χ0) is 13.0. The average Bonchev–Trinajstić information content (AvgIpc) is 2.77. The van der Waals surface area contributed by atoms with Crippen molar-refractivity contribution in [1.29, 1.82) is 0 Å². The van der Waals surface area contributed by atoms with Crippen molar-refractivity contribution >= 4 is 27.7 Å². The first-order valence-electron chi connectivity index (χ1n) is 5.57. The Morgan fingerprint density at radius 1 is 1.50 bits per heavy atom. The fraction of sp³-hybridized carbons (Fsp3) is 0.333. The Morgan fingerprint density at radius 3 is 3.06 bits per heavy atom. The van der Waals surface area contributed by atoms with Crippen LogP contribution >= 0.6 is 27.7 Å². The summed E-state index contributed by atoms with van der Waals surface area (Å²) < 4.78 is 6.20. The van der Waals surface area contributed by atoms with Gasteiger partial charge in [-0.05, 0) is 19.1 Å². The third-order valence-electron chi connectivity index (χ3n) is 2.16. The molecule has 1 unspecified atom stereocenters. The number of rotatable bonds is 5. The fourth-order valence-corrected chi connectivity index (χ4v) is 2.57. The van der Waals surface area contributed by atoms with Gasteiger partial charge in [-0.15, -0.1) is 0 Å². The highest BCUT2D eigenvalue weighted by Crippen LogP contribution is 2.21. The van der Waals surface area contributed by atoms with Crippen LogP contribution in [0.2, 0.25) is 0 Å². The molecule has 1 aromatic heterocycles. The number of benzene rings is 1. The molecular weight excluding hydrogens is 314 g/mol. The van der Waals surface area contributed by atoms with Gasteiger partial charge in [0, 0.05) is 21.8 Å². The molecule has 2 rings (SSSR count). The standard InChI is InChI=1S/C12H14BrN3OS/c1-8(14)6-18-7-11-15-12(16-17-11)9-3-2-4-10(13)5-9/h2-5,8H,6-7,14H2,1H3. The van der Waals surface area contributed by atoms with Crippen molar-refractivity contribution in [3.05, 3.63) is 34.6 Å². The van der Waals surface area contributed by atoms with Gasteiger partial charge in [-0.3, -0.25) is 0 Å². The fourth-order valence-electron chi connectivity index (χ4n) is 1.39. The molecule has 2 aromatic rings. The highest BCUT2D eigenvalue weighted by Gasteiger charge is 2.09. The normalized spacial score (nSPS) is 12.6. The minimum atomic E-state index is 0.183. The van der Waals surface area contributed by atoms with Gasteiger partial charge in [0.05, 0.1) is 5.75 Å². The molecule has 0 amide bonds. The monoisotopic (exact) mass is 327 g/mol. The molecule has 0 radical (unpaired) electrons. The molecule has 18 heavy (non-hydrogen) atoms. The van der Waals surface area contributed by atoms with Gasteiger partial charge in [0.25, 0.3) is 0 Å². The molecule has 96 valence electrons. The van der Waals surface area contributed by atoms with Crippen molar-refractivity contribution in [1.82, 2.24) is 10.1 Å². The van der Waals surface area contributed by atoms with Crippen molar-refractivity contribution in [2.45, 2.75) is 18.7 Å². The van der Waals surface area contributed by atoms with Crippen molar-refractivity contribution < 1.29 is 4.52 Å². The van der Waals surface area contributed by atoms with Gasteiger partial charge in [0.15, 0.2) is 0 Å². The molecule has 0 saturated carbocycles. The highest BCUT2D eigenvalue weighted by atomic mass is 79.9. The van der Waals surface area contributed by atoms with Crippen molar-refractivity contribution in [2.24, 2.45) is 5.73 Å². The predicted molar refractivity (Wildman–Crippen MR) is 77.2 cm³/mol. The lowest BCUT2D eigenvalue weighted by Gasteiger charge is -2.00. The maximum atomic E-state index is 5.68. The largest absolute Gasteiger partial charge is 0.338 e. The van der Waals surface area contributed by atoms with Crippen molar-refractivity contribution in [3.63, 3.8) is 0 Å². The molecule has 1 atom stereocenters. The first-order chi connectivity index (χ1) is 8.65. The van der Waals surface area contributed by atoms with Crippen LogP contribution in [0, 0.1) is 0 Å². The maximum Gasteiger partial charge on any atom is 0.236 e. The number of halogens is 1. The van der Waals surface area contributed by atoms with E-state index in [9.17, 15) is 0 Å². The Labute approximate surface area is 118 Å². The zero-order valence-electron chi connectivity index (χ0n) is 9.97. The first kappa shape index (κ1) is 13.6. The summed E-state index contributed by atoms with van der Waals surface area (Å²) in [6, 6.07) is 8.00. The molecule has 0 aliphatic heterocycles. The van der Waals surface area contributed by atoms with Crippen LogP contribution in [0.1, 0.15) is 12.8 Å². The van der Waals surface area contributed by atoms with E-state index >= 15 is 0 Å². The van der Waals surface area contributed by atoms with Gasteiger partial charge in [0.1, 0.15) is 0 Å². The van der Waals surface area contributed by atoms with Crippen LogP contribution < -0.4 is 5.73 Å². The van der Waals surface area contributed by atoms with Gasteiger partial charge < -0.3 is 10.3 Å². The summed E-state index contributed by atoms with van der Waals surface area (Å²) in [5.74, 6) is 2.83. The molecule has 0 bridgehead atoms. The number of aromatic nitrogens is 2. The second-order valence-electron chi connectivity index (χ2n) is 4.01. The Balaban J connectivity index is 2.02. The molecule has 0 spiro atoms. The molecule has 1 heterocycles. The van der Waals surface area contributed by atoms with Crippen LogP contribution in [0.4, 0.5) is 0 Å². The van der Waals surface area contributed by atoms with E-state index < -0.39 is 0 Å². The van der Waals surface area contributed by atoms with E-state index in [1.54, 1.807) is 11.8 Å². The van der Waals surface area contributed by atoms with E-state index in [2.05, 4.69) is 26.1 Å². The number of nitrogens with two attached hydrogens (primary N) is 1. The molecular formula is C12H14BrN3OS. The van der Waals surface area contributed by atoms with Gasteiger partial charge in [0.2, 0.25) is 11.7 Å². The van der Waals surface area contributed by atoms with E-state index in [4.69, 9.17) is 10.3 Å². The topological polar surface area (TPSA) is 64.9 Å². The Bertz CT molecular complexity index is 516. The summed E-state index contributed by atoms with van der Waals surface area (Å²) >= 11 is 5.12. The lowest BCUT2D eigenvalue weighted by molar-refractivity contribution is 0.391.